The van der Waals surface area contributed by atoms with Crippen molar-refractivity contribution in [2.24, 2.45) is 0 Å². The normalized spacial score (nSPS) is 4.91. The number of rotatable bonds is 0. The Kier molecular flexibility index (Phi) is 155. The third kappa shape index (κ3) is 307. The molecule has 0 bridgehead atoms. The van der Waals surface area contributed by atoms with Crippen LogP contribution in [0, 0.1) is 0 Å². The maximum Gasteiger partial charge on any atom is 3.00 e. The minimum Gasteiger partial charge on any atom is -0.868 e. The van der Waals surface area contributed by atoms with Gasteiger partial charge in [0.25, 0.3) is 0 Å². The molecule has 0 fully saturated rings. The van der Waals surface area contributed by atoms with Crippen molar-refractivity contribution >= 4 is 0 Å². The molecule has 0 aromatic rings. The molecular weight excluding hydrogens is 310 g/mol. The zero-order valence-corrected chi connectivity index (χ0v) is 11.4. The second-order valence-corrected chi connectivity index (χ2v) is 0.354. The summed E-state index contributed by atoms with van der Waals surface area (Å²) in [6.45, 7) is -3.75. The van der Waals surface area contributed by atoms with Crippen LogP contribution < -0.4 is 30.6 Å². The second-order valence-electron chi connectivity index (χ2n) is 0.354. The first-order valence-electron chi connectivity index (χ1n) is 1.73. The van der Waals surface area contributed by atoms with E-state index in [1.165, 1.54) is 0 Å². The summed E-state index contributed by atoms with van der Waals surface area (Å²) in [5.74, 6) is 0. The van der Waals surface area contributed by atoms with Crippen molar-refractivity contribution in [1.82, 2.24) is 0 Å². The maximum absolute atomic E-state index is 8.38. The van der Waals surface area contributed by atoms with Gasteiger partial charge in [-0.2, -0.15) is 0 Å². The van der Waals surface area contributed by atoms with Crippen LogP contribution in [0.25, 0.3) is 0 Å². The Morgan fingerprint density at radius 2 is 0.455 bits per heavy atom. The van der Waals surface area contributed by atoms with E-state index in [4.69, 9.17) is 30.6 Å². The predicted molar refractivity (Wildman–Crippen MR) is 14.6 cm³/mol. The van der Waals surface area contributed by atoms with E-state index in [0.29, 0.717) is 0 Å². The zero-order valence-electron chi connectivity index (χ0n) is 5.73. The van der Waals surface area contributed by atoms with Crippen LogP contribution in [-0.4, -0.2) is 20.4 Å². The van der Waals surface area contributed by atoms with Gasteiger partial charge in [-0.25, -0.2) is 20.4 Å². The Hall–Kier alpha value is 1.97. The van der Waals surface area contributed by atoms with Crippen molar-refractivity contribution in [2.45, 2.75) is 0 Å². The summed E-state index contributed by atoms with van der Waals surface area (Å²) in [5, 5.41) is 50.2. The van der Waals surface area contributed by atoms with E-state index in [-0.39, 0.29) is 65.4 Å². The molecule has 11 heavy (non-hydrogen) atoms. The summed E-state index contributed by atoms with van der Waals surface area (Å²) >= 11 is 0. The van der Waals surface area contributed by atoms with Crippen LogP contribution in [-0.2, 0) is 65.4 Å². The Morgan fingerprint density at radius 1 is 0.455 bits per heavy atom. The Bertz CT molecular complexity index is 20.5. The molecule has 0 spiro atoms. The van der Waals surface area contributed by atoms with Gasteiger partial charge in [0.1, 0.15) is 0 Å². The molecule has 6 nitrogen and oxygen atoms in total. The molecule has 0 rings (SSSR count). The molecule has 0 N–H and O–H groups in total. The molecule has 0 saturated heterocycles. The predicted octanol–water partition coefficient (Wildman–Crippen LogP) is -7.01. The fraction of sp³-hybridized carbons (Fsp3) is 1.00. The van der Waals surface area contributed by atoms with Crippen LogP contribution in [0.4, 0.5) is 0 Å². The molecule has 0 aliphatic heterocycles. The average Bonchev–Trinajstić information content (AvgIpc) is 1.70. The second kappa shape index (κ2) is 58.3. The van der Waals surface area contributed by atoms with E-state index in [9.17, 15) is 0 Å². The topological polar surface area (TPSA) is 138 Å². The first-order valence-corrected chi connectivity index (χ1v) is 1.73. The molecule has 0 aliphatic carbocycles. The summed E-state index contributed by atoms with van der Waals surface area (Å²) < 4.78 is 0. The minimum absolute atomic E-state index is 0. The molecule has 0 radical (unpaired) electrons. The Morgan fingerprint density at radius 3 is 0.455 bits per heavy atom. The molecule has 0 aromatic heterocycles. The van der Waals surface area contributed by atoms with Gasteiger partial charge in [0, 0.05) is 0 Å². The van der Waals surface area contributed by atoms with Crippen molar-refractivity contribution < 1.29 is 96.1 Å². The monoisotopic (exact) mass is 316 g/mol. The molecule has 0 aromatic carbocycles. The van der Waals surface area contributed by atoms with Gasteiger partial charge < -0.3 is 30.6 Å². The quantitative estimate of drug-likeness (QED) is 0.407. The molecule has 0 saturated carbocycles. The third-order valence-electron chi connectivity index (χ3n) is 0. The van der Waals surface area contributed by atoms with Crippen molar-refractivity contribution in [1.29, 1.82) is 0 Å². The van der Waals surface area contributed by atoms with Crippen LogP contribution in [0.2, 0.25) is 0 Å². The van der Waals surface area contributed by atoms with E-state index in [1.807, 2.05) is 0 Å². The molecule has 0 unspecified atom stereocenters. The molecule has 0 aliphatic rings. The molecule has 8 heteroatoms. The standard InChI is InChI=1S/3CH2O2.2Y/c3*2-1-3;;/h3*1H2;;/q3*-2;2*+3. The smallest absolute Gasteiger partial charge is 0.868 e. The fourth-order valence-electron chi connectivity index (χ4n) is 0. The van der Waals surface area contributed by atoms with Crippen molar-refractivity contribution in [2.75, 3.05) is 20.4 Å². The summed E-state index contributed by atoms with van der Waals surface area (Å²) in [6.07, 6.45) is 0. The van der Waals surface area contributed by atoms with Crippen molar-refractivity contribution in [3.8, 4) is 0 Å². The average molecular weight is 316 g/mol. The molecule has 0 heterocycles. The summed E-state index contributed by atoms with van der Waals surface area (Å²) in [5.41, 5.74) is 0. The minimum atomic E-state index is -1.25. The van der Waals surface area contributed by atoms with E-state index in [1.54, 1.807) is 0 Å². The van der Waals surface area contributed by atoms with E-state index < -0.39 is 20.4 Å². The van der Waals surface area contributed by atoms with Gasteiger partial charge in [-0.3, -0.25) is 0 Å². The van der Waals surface area contributed by atoms with E-state index in [0.717, 1.165) is 0 Å². The van der Waals surface area contributed by atoms with Gasteiger partial charge in [-0.05, 0) is 0 Å². The van der Waals surface area contributed by atoms with Gasteiger partial charge in [0.2, 0.25) is 0 Å². The van der Waals surface area contributed by atoms with Gasteiger partial charge in [-0.1, -0.05) is 0 Å². The third-order valence-corrected chi connectivity index (χ3v) is 0. The van der Waals surface area contributed by atoms with Gasteiger partial charge in [0.15, 0.2) is 0 Å². The summed E-state index contributed by atoms with van der Waals surface area (Å²) in [7, 11) is 0. The first kappa shape index (κ1) is 29.3. The largest absolute Gasteiger partial charge is 3.00 e. The number of hydrogen-bond donors (Lipinski definition) is 0. The van der Waals surface area contributed by atoms with Gasteiger partial charge >= 0.3 is 65.4 Å². The van der Waals surface area contributed by atoms with Crippen molar-refractivity contribution in [3.63, 3.8) is 0 Å². The Balaban J connectivity index is -0.0000000150. The van der Waals surface area contributed by atoms with Crippen LogP contribution in [0.1, 0.15) is 0 Å². The van der Waals surface area contributed by atoms with E-state index >= 15 is 0 Å². The van der Waals surface area contributed by atoms with Crippen LogP contribution in [0.5, 0.6) is 0 Å². The molecule has 0 amide bonds. The molecular formula is C3H6O6Y2. The van der Waals surface area contributed by atoms with Crippen LogP contribution in [0.3, 0.4) is 0 Å². The SMILES string of the molecule is [O-]C[O-].[O-]C[O-].[O-]C[O-].[Y+3].[Y+3]. The maximum atomic E-state index is 8.38. The summed E-state index contributed by atoms with van der Waals surface area (Å²) in [4.78, 5) is 0. The van der Waals surface area contributed by atoms with Gasteiger partial charge in [-0.15, -0.1) is 0 Å². The molecule has 60 valence electrons. The summed E-state index contributed by atoms with van der Waals surface area (Å²) in [6, 6.07) is 0. The van der Waals surface area contributed by atoms with Crippen molar-refractivity contribution in [3.05, 3.63) is 0 Å². The molecule has 0 atom stereocenters. The Labute approximate surface area is 115 Å². The fourth-order valence-corrected chi connectivity index (χ4v) is 0. The van der Waals surface area contributed by atoms with Gasteiger partial charge in [0.05, 0.1) is 0 Å². The van der Waals surface area contributed by atoms with E-state index in [2.05, 4.69) is 0 Å². The zero-order chi connectivity index (χ0) is 8.12. The first-order chi connectivity index (χ1) is 4.24. The van der Waals surface area contributed by atoms with Crippen LogP contribution >= 0.6 is 0 Å². The van der Waals surface area contributed by atoms with Crippen LogP contribution in [0.15, 0.2) is 0 Å². The number of hydrogen-bond acceptors (Lipinski definition) is 6.